The maximum absolute atomic E-state index is 11.0. The lowest BCUT2D eigenvalue weighted by Crippen LogP contribution is -2.04. The van der Waals surface area contributed by atoms with Crippen molar-refractivity contribution < 1.29 is 14.6 Å². The van der Waals surface area contributed by atoms with Gasteiger partial charge in [0.15, 0.2) is 0 Å². The van der Waals surface area contributed by atoms with Crippen molar-refractivity contribution in [3.63, 3.8) is 0 Å². The number of carbonyl (C=O) groups is 1. The second-order valence-corrected chi connectivity index (χ2v) is 3.37. The van der Waals surface area contributed by atoms with Crippen LogP contribution in [0.2, 0.25) is 5.02 Å². The predicted octanol–water partition coefficient (Wildman–Crippen LogP) is 2.78. The second-order valence-electron chi connectivity index (χ2n) is 2.93. The van der Waals surface area contributed by atoms with E-state index in [1.807, 2.05) is 0 Å². The van der Waals surface area contributed by atoms with Crippen LogP contribution in [0.1, 0.15) is 15.9 Å². The van der Waals surface area contributed by atoms with Gasteiger partial charge < -0.3 is 9.84 Å². The lowest BCUT2D eigenvalue weighted by molar-refractivity contribution is 0.0695. The fourth-order valence-corrected chi connectivity index (χ4v) is 1.55. The summed E-state index contributed by atoms with van der Waals surface area (Å²) in [5.74, 6) is -0.549. The summed E-state index contributed by atoms with van der Waals surface area (Å²) in [6.45, 7) is 3.57. The zero-order chi connectivity index (χ0) is 11.4. The number of carboxylic acid groups (broad SMARTS) is 1. The minimum atomic E-state index is -1.02. The lowest BCUT2D eigenvalue weighted by Gasteiger charge is -2.10. The summed E-state index contributed by atoms with van der Waals surface area (Å²) >= 11 is 5.78. The van der Waals surface area contributed by atoms with Gasteiger partial charge in [-0.2, -0.15) is 0 Å². The summed E-state index contributed by atoms with van der Waals surface area (Å²) in [6, 6.07) is 3.00. The molecule has 15 heavy (non-hydrogen) atoms. The molecule has 3 nitrogen and oxygen atoms in total. The Morgan fingerprint density at radius 1 is 1.67 bits per heavy atom. The van der Waals surface area contributed by atoms with Crippen molar-refractivity contribution in [3.8, 4) is 5.75 Å². The van der Waals surface area contributed by atoms with Gasteiger partial charge >= 0.3 is 5.97 Å². The Labute approximate surface area is 92.9 Å². The van der Waals surface area contributed by atoms with Crippen LogP contribution < -0.4 is 4.74 Å². The first-order valence-electron chi connectivity index (χ1n) is 4.30. The Kier molecular flexibility index (Phi) is 3.74. The van der Waals surface area contributed by atoms with E-state index >= 15 is 0 Å². The van der Waals surface area contributed by atoms with Gasteiger partial charge in [-0.25, -0.2) is 4.79 Å². The van der Waals surface area contributed by atoms with Gasteiger partial charge in [0.1, 0.15) is 5.75 Å². The first-order chi connectivity index (χ1) is 7.10. The maximum atomic E-state index is 11.0. The standard InChI is InChI=1S/C11H11ClO3/c1-3-4-8-9(11(13)14)5-7(12)6-10(8)15-2/h3,5-6H,1,4H2,2H3,(H,13,14). The molecule has 0 heterocycles. The SMILES string of the molecule is C=CCc1c(OC)cc(Cl)cc1C(=O)O. The molecule has 0 aromatic heterocycles. The number of carboxylic acids is 1. The van der Waals surface area contributed by atoms with Crippen LogP contribution in [-0.4, -0.2) is 18.2 Å². The van der Waals surface area contributed by atoms with E-state index in [-0.39, 0.29) is 5.56 Å². The van der Waals surface area contributed by atoms with Crippen LogP contribution in [0.3, 0.4) is 0 Å². The first-order valence-corrected chi connectivity index (χ1v) is 4.68. The monoisotopic (exact) mass is 226 g/mol. The smallest absolute Gasteiger partial charge is 0.336 e. The quantitative estimate of drug-likeness (QED) is 0.803. The van der Waals surface area contributed by atoms with Crippen molar-refractivity contribution in [2.45, 2.75) is 6.42 Å². The fourth-order valence-electron chi connectivity index (χ4n) is 1.34. The van der Waals surface area contributed by atoms with Crippen molar-refractivity contribution in [2.24, 2.45) is 0 Å². The van der Waals surface area contributed by atoms with Gasteiger partial charge in [0.2, 0.25) is 0 Å². The fraction of sp³-hybridized carbons (Fsp3) is 0.182. The number of benzene rings is 1. The van der Waals surface area contributed by atoms with Gasteiger partial charge in [-0.3, -0.25) is 0 Å². The molecular formula is C11H11ClO3. The van der Waals surface area contributed by atoms with Crippen LogP contribution in [0, 0.1) is 0 Å². The highest BCUT2D eigenvalue weighted by molar-refractivity contribution is 6.31. The normalized spacial score (nSPS) is 9.73. The van der Waals surface area contributed by atoms with Gasteiger partial charge in [0.25, 0.3) is 0 Å². The molecule has 1 rings (SSSR count). The van der Waals surface area contributed by atoms with Crippen LogP contribution in [0.25, 0.3) is 0 Å². The van der Waals surface area contributed by atoms with Crippen molar-refractivity contribution in [3.05, 3.63) is 40.9 Å². The molecule has 0 radical (unpaired) electrons. The van der Waals surface area contributed by atoms with Crippen molar-refractivity contribution in [1.82, 2.24) is 0 Å². The molecule has 0 aliphatic carbocycles. The summed E-state index contributed by atoms with van der Waals surface area (Å²) in [5, 5.41) is 9.33. The summed E-state index contributed by atoms with van der Waals surface area (Å²) < 4.78 is 5.07. The minimum Gasteiger partial charge on any atom is -0.496 e. The highest BCUT2D eigenvalue weighted by Gasteiger charge is 2.15. The summed E-state index contributed by atoms with van der Waals surface area (Å²) in [5.41, 5.74) is 0.739. The summed E-state index contributed by atoms with van der Waals surface area (Å²) in [6.07, 6.45) is 2.06. The molecule has 0 fully saturated rings. The van der Waals surface area contributed by atoms with Gasteiger partial charge in [-0.15, -0.1) is 6.58 Å². The molecule has 0 saturated carbocycles. The molecular weight excluding hydrogens is 216 g/mol. The maximum Gasteiger partial charge on any atom is 0.336 e. The van der Waals surface area contributed by atoms with Gasteiger partial charge in [-0.05, 0) is 18.6 Å². The van der Waals surface area contributed by atoms with E-state index in [0.717, 1.165) is 0 Å². The Morgan fingerprint density at radius 2 is 2.33 bits per heavy atom. The first kappa shape index (κ1) is 11.6. The van der Waals surface area contributed by atoms with Crippen LogP contribution in [-0.2, 0) is 6.42 Å². The van der Waals surface area contributed by atoms with E-state index in [4.69, 9.17) is 21.4 Å². The molecule has 1 aromatic rings. The zero-order valence-corrected chi connectivity index (χ0v) is 9.04. The predicted molar refractivity (Wildman–Crippen MR) is 58.9 cm³/mol. The minimum absolute atomic E-state index is 0.152. The number of aromatic carboxylic acids is 1. The molecule has 0 unspecified atom stereocenters. The third kappa shape index (κ3) is 2.50. The van der Waals surface area contributed by atoms with Gasteiger partial charge in [0.05, 0.1) is 12.7 Å². The Bertz CT molecular complexity index is 399. The van der Waals surface area contributed by atoms with Crippen molar-refractivity contribution in [1.29, 1.82) is 0 Å². The zero-order valence-electron chi connectivity index (χ0n) is 8.29. The molecule has 0 atom stereocenters. The Hall–Kier alpha value is -1.48. The lowest BCUT2D eigenvalue weighted by atomic mass is 10.0. The topological polar surface area (TPSA) is 46.5 Å². The number of allylic oxidation sites excluding steroid dienone is 1. The molecule has 0 amide bonds. The molecule has 0 aliphatic heterocycles. The van der Waals surface area contributed by atoms with Gasteiger partial charge in [-0.1, -0.05) is 17.7 Å². The molecule has 0 saturated heterocycles. The molecule has 4 heteroatoms. The summed E-state index contributed by atoms with van der Waals surface area (Å²) in [7, 11) is 1.48. The summed E-state index contributed by atoms with van der Waals surface area (Å²) in [4.78, 5) is 11.0. The Morgan fingerprint density at radius 3 is 2.80 bits per heavy atom. The van der Waals surface area contributed by atoms with Crippen molar-refractivity contribution >= 4 is 17.6 Å². The highest BCUT2D eigenvalue weighted by atomic mass is 35.5. The highest BCUT2D eigenvalue weighted by Crippen LogP contribution is 2.28. The van der Waals surface area contributed by atoms with Crippen LogP contribution >= 0.6 is 11.6 Å². The number of hydrogen-bond donors (Lipinski definition) is 1. The number of ether oxygens (including phenoxy) is 1. The molecule has 1 N–H and O–H groups in total. The van der Waals surface area contributed by atoms with E-state index in [1.165, 1.54) is 13.2 Å². The molecule has 1 aromatic carbocycles. The molecule has 0 bridgehead atoms. The van der Waals surface area contributed by atoms with E-state index in [9.17, 15) is 4.79 Å². The largest absolute Gasteiger partial charge is 0.496 e. The van der Waals surface area contributed by atoms with Crippen LogP contribution in [0.4, 0.5) is 0 Å². The molecule has 0 spiro atoms. The van der Waals surface area contributed by atoms with E-state index in [0.29, 0.717) is 22.8 Å². The van der Waals surface area contributed by atoms with E-state index < -0.39 is 5.97 Å². The van der Waals surface area contributed by atoms with E-state index in [2.05, 4.69) is 6.58 Å². The third-order valence-electron chi connectivity index (χ3n) is 1.97. The number of halogens is 1. The second kappa shape index (κ2) is 4.84. The average molecular weight is 227 g/mol. The van der Waals surface area contributed by atoms with Crippen LogP contribution in [0.5, 0.6) is 5.75 Å². The molecule has 80 valence electrons. The van der Waals surface area contributed by atoms with Gasteiger partial charge in [0, 0.05) is 10.6 Å². The number of rotatable bonds is 4. The van der Waals surface area contributed by atoms with E-state index in [1.54, 1.807) is 12.1 Å². The Balaban J connectivity index is 3.39. The average Bonchev–Trinajstić information content (AvgIpc) is 2.19. The third-order valence-corrected chi connectivity index (χ3v) is 2.19. The van der Waals surface area contributed by atoms with Crippen LogP contribution in [0.15, 0.2) is 24.8 Å². The number of methoxy groups -OCH3 is 1. The molecule has 0 aliphatic rings. The van der Waals surface area contributed by atoms with Crippen molar-refractivity contribution in [2.75, 3.05) is 7.11 Å². The number of hydrogen-bond acceptors (Lipinski definition) is 2.